The molecular weight excluding hydrogens is 298 g/mol. The molecule has 6 heteroatoms. The smallest absolute Gasteiger partial charge is 0.198 e. The van der Waals surface area contributed by atoms with Crippen molar-refractivity contribution in [2.24, 2.45) is 17.8 Å². The van der Waals surface area contributed by atoms with Crippen molar-refractivity contribution in [3.05, 3.63) is 0 Å². The first-order valence-corrected chi connectivity index (χ1v) is 8.62. The number of hydrogen-bond acceptors (Lipinski definition) is 6. The predicted octanol–water partition coefficient (Wildman–Crippen LogP) is 4.13. The minimum atomic E-state index is -1.17. The van der Waals surface area contributed by atoms with Crippen LogP contribution in [0.4, 0.5) is 0 Å². The SMILES string of the molecule is CCC(CC(C)C#N)C1CCC(SOOC(C#N)C#N)CC1. The van der Waals surface area contributed by atoms with Gasteiger partial charge < -0.3 is 0 Å². The molecule has 0 aromatic carbocycles. The maximum absolute atomic E-state index is 8.97. The Kier molecular flexibility index (Phi) is 8.94. The fourth-order valence-corrected chi connectivity index (χ4v) is 3.74. The van der Waals surface area contributed by atoms with E-state index in [0.29, 0.717) is 17.1 Å². The van der Waals surface area contributed by atoms with E-state index < -0.39 is 6.10 Å². The molecule has 0 saturated heterocycles. The van der Waals surface area contributed by atoms with E-state index in [4.69, 9.17) is 25.0 Å². The molecule has 0 aliphatic heterocycles. The lowest BCUT2D eigenvalue weighted by Crippen LogP contribution is -2.24. The summed E-state index contributed by atoms with van der Waals surface area (Å²) < 4.78 is 4.95. The van der Waals surface area contributed by atoms with Crippen LogP contribution in [0.2, 0.25) is 0 Å². The molecule has 120 valence electrons. The molecular formula is C16H23N3O2S. The zero-order valence-corrected chi connectivity index (χ0v) is 14.0. The average molecular weight is 321 g/mol. The van der Waals surface area contributed by atoms with Crippen molar-refractivity contribution in [1.82, 2.24) is 0 Å². The second-order valence-corrected chi connectivity index (χ2v) is 6.86. The van der Waals surface area contributed by atoms with Gasteiger partial charge in [0.2, 0.25) is 0 Å². The van der Waals surface area contributed by atoms with E-state index in [2.05, 4.69) is 13.0 Å². The molecule has 0 amide bonds. The molecule has 22 heavy (non-hydrogen) atoms. The van der Waals surface area contributed by atoms with Crippen molar-refractivity contribution in [1.29, 1.82) is 15.8 Å². The standard InChI is InChI=1S/C16H23N3O2S/c1-3-13(8-12(2)9-17)14-4-6-16(7-5-14)22-21-20-15(10-18)11-19/h12-16H,3-8H2,1-2H3. The molecule has 1 rings (SSSR count). The van der Waals surface area contributed by atoms with Gasteiger partial charge in [-0.05, 0) is 50.9 Å². The molecule has 2 unspecified atom stereocenters. The maximum Gasteiger partial charge on any atom is 0.265 e. The van der Waals surface area contributed by atoms with Crippen LogP contribution in [0.5, 0.6) is 0 Å². The van der Waals surface area contributed by atoms with Gasteiger partial charge in [-0.2, -0.15) is 25.0 Å². The lowest BCUT2D eigenvalue weighted by molar-refractivity contribution is -0.199. The molecule has 0 radical (unpaired) electrons. The minimum absolute atomic E-state index is 0.127. The van der Waals surface area contributed by atoms with Crippen molar-refractivity contribution in [2.45, 2.75) is 63.7 Å². The van der Waals surface area contributed by atoms with Gasteiger partial charge in [0, 0.05) is 23.2 Å². The van der Waals surface area contributed by atoms with Crippen LogP contribution in [0, 0.1) is 51.7 Å². The molecule has 0 spiro atoms. The summed E-state index contributed by atoms with van der Waals surface area (Å²) in [6.07, 6.45) is 5.30. The lowest BCUT2D eigenvalue weighted by atomic mass is 9.75. The summed E-state index contributed by atoms with van der Waals surface area (Å²) in [6, 6.07) is 5.72. The first-order chi connectivity index (χ1) is 10.6. The molecule has 1 fully saturated rings. The summed E-state index contributed by atoms with van der Waals surface area (Å²) in [4.78, 5) is 4.71. The highest BCUT2D eigenvalue weighted by Crippen LogP contribution is 2.39. The third-order valence-electron chi connectivity index (χ3n) is 4.33. The molecule has 0 bridgehead atoms. The van der Waals surface area contributed by atoms with Crippen LogP contribution in [-0.4, -0.2) is 11.4 Å². The topological polar surface area (TPSA) is 89.8 Å². The van der Waals surface area contributed by atoms with Crippen molar-refractivity contribution < 1.29 is 9.22 Å². The van der Waals surface area contributed by atoms with Gasteiger partial charge in [0.25, 0.3) is 6.10 Å². The van der Waals surface area contributed by atoms with Gasteiger partial charge in [-0.25, -0.2) is 0 Å². The van der Waals surface area contributed by atoms with E-state index in [9.17, 15) is 0 Å². The van der Waals surface area contributed by atoms with Crippen LogP contribution in [0.3, 0.4) is 0 Å². The third-order valence-corrected chi connectivity index (χ3v) is 5.23. The Labute approximate surface area is 137 Å². The summed E-state index contributed by atoms with van der Waals surface area (Å²) in [5.74, 6) is 1.44. The van der Waals surface area contributed by atoms with Crippen LogP contribution in [-0.2, 0) is 9.22 Å². The predicted molar refractivity (Wildman–Crippen MR) is 83.7 cm³/mol. The fraction of sp³-hybridized carbons (Fsp3) is 0.812. The van der Waals surface area contributed by atoms with E-state index in [1.807, 2.05) is 6.92 Å². The van der Waals surface area contributed by atoms with E-state index in [0.717, 1.165) is 38.5 Å². The molecule has 0 aromatic heterocycles. The Balaban J connectivity index is 2.29. The molecule has 0 aromatic rings. The van der Waals surface area contributed by atoms with Gasteiger partial charge in [-0.3, -0.25) is 0 Å². The summed E-state index contributed by atoms with van der Waals surface area (Å²) >= 11 is 1.22. The van der Waals surface area contributed by atoms with E-state index >= 15 is 0 Å². The molecule has 5 nitrogen and oxygen atoms in total. The summed E-state index contributed by atoms with van der Waals surface area (Å²) in [5, 5.41) is 26.5. The summed E-state index contributed by atoms with van der Waals surface area (Å²) in [6.45, 7) is 4.20. The van der Waals surface area contributed by atoms with Gasteiger partial charge in [-0.1, -0.05) is 13.3 Å². The van der Waals surface area contributed by atoms with Gasteiger partial charge in [-0.15, -0.1) is 0 Å². The van der Waals surface area contributed by atoms with Crippen LogP contribution in [0.15, 0.2) is 0 Å². The van der Waals surface area contributed by atoms with Gasteiger partial charge in [0.05, 0.1) is 6.07 Å². The second kappa shape index (κ2) is 10.5. The molecule has 2 atom stereocenters. The molecule has 0 N–H and O–H groups in total. The van der Waals surface area contributed by atoms with Crippen LogP contribution in [0.25, 0.3) is 0 Å². The largest absolute Gasteiger partial charge is 0.265 e. The van der Waals surface area contributed by atoms with Crippen LogP contribution in [0.1, 0.15) is 52.4 Å². The third kappa shape index (κ3) is 6.24. The van der Waals surface area contributed by atoms with Crippen molar-refractivity contribution in [3.8, 4) is 18.2 Å². The Bertz CT molecular complexity index is 430. The fourth-order valence-electron chi connectivity index (χ4n) is 3.04. The summed E-state index contributed by atoms with van der Waals surface area (Å²) in [7, 11) is 0. The first kappa shape index (κ1) is 18.8. The molecule has 1 saturated carbocycles. The van der Waals surface area contributed by atoms with Gasteiger partial charge in [0.15, 0.2) is 0 Å². The monoisotopic (exact) mass is 321 g/mol. The Hall–Kier alpha value is -1.26. The van der Waals surface area contributed by atoms with E-state index in [1.54, 1.807) is 12.1 Å². The number of hydrogen-bond donors (Lipinski definition) is 0. The average Bonchev–Trinajstić information content (AvgIpc) is 2.57. The number of nitriles is 3. The lowest BCUT2D eigenvalue weighted by Gasteiger charge is -2.33. The number of nitrogens with zero attached hydrogens (tertiary/aromatic N) is 3. The maximum atomic E-state index is 8.97. The summed E-state index contributed by atoms with van der Waals surface area (Å²) in [5.41, 5.74) is 0. The highest BCUT2D eigenvalue weighted by molar-refractivity contribution is 7.95. The van der Waals surface area contributed by atoms with E-state index in [1.165, 1.54) is 12.0 Å². The Morgan fingerprint density at radius 1 is 1.09 bits per heavy atom. The van der Waals surface area contributed by atoms with Crippen molar-refractivity contribution in [3.63, 3.8) is 0 Å². The molecule has 0 heterocycles. The highest BCUT2D eigenvalue weighted by Gasteiger charge is 2.28. The highest BCUT2D eigenvalue weighted by atomic mass is 32.2. The zero-order valence-electron chi connectivity index (χ0n) is 13.2. The molecule has 1 aliphatic carbocycles. The molecule has 1 aliphatic rings. The Morgan fingerprint density at radius 3 is 2.23 bits per heavy atom. The normalized spacial score (nSPS) is 24.0. The zero-order chi connectivity index (χ0) is 16.4. The van der Waals surface area contributed by atoms with Gasteiger partial charge in [0.1, 0.15) is 12.1 Å². The van der Waals surface area contributed by atoms with Gasteiger partial charge >= 0.3 is 0 Å². The quantitative estimate of drug-likeness (QED) is 0.379. The van der Waals surface area contributed by atoms with Crippen molar-refractivity contribution in [2.75, 3.05) is 0 Å². The van der Waals surface area contributed by atoms with Crippen LogP contribution >= 0.6 is 12.0 Å². The van der Waals surface area contributed by atoms with E-state index in [-0.39, 0.29) is 5.92 Å². The Morgan fingerprint density at radius 2 is 1.73 bits per heavy atom. The first-order valence-electron chi connectivity index (χ1n) is 7.82. The minimum Gasteiger partial charge on any atom is -0.198 e. The van der Waals surface area contributed by atoms with Crippen molar-refractivity contribution >= 4 is 12.0 Å². The number of rotatable bonds is 8. The van der Waals surface area contributed by atoms with Crippen LogP contribution < -0.4 is 0 Å². The second-order valence-electron chi connectivity index (χ2n) is 5.87.